The minimum absolute atomic E-state index is 0.0255. The third-order valence-electron chi connectivity index (χ3n) is 3.09. The number of hydrogen-bond acceptors (Lipinski definition) is 4. The Bertz CT molecular complexity index is 260. The van der Waals surface area contributed by atoms with Crippen LogP contribution in [0, 0.1) is 0 Å². The summed E-state index contributed by atoms with van der Waals surface area (Å²) in [6, 6.07) is 0. The molecule has 0 aromatic heterocycles. The van der Waals surface area contributed by atoms with Crippen molar-refractivity contribution in [3.8, 4) is 0 Å². The first-order valence-corrected chi connectivity index (χ1v) is 5.84. The van der Waals surface area contributed by atoms with E-state index in [1.165, 1.54) is 0 Å². The fourth-order valence-electron chi connectivity index (χ4n) is 2.58. The molecule has 2 aliphatic rings. The Morgan fingerprint density at radius 3 is 2.56 bits per heavy atom. The second-order valence-electron chi connectivity index (χ2n) is 5.75. The zero-order chi connectivity index (χ0) is 12.0. The smallest absolute Gasteiger partial charge is 0.144 e. The van der Waals surface area contributed by atoms with Crippen LogP contribution < -0.4 is 0 Å². The predicted molar refractivity (Wildman–Crippen MR) is 59.5 cm³/mol. The quantitative estimate of drug-likeness (QED) is 0.734. The number of fused-ring (bicyclic) bond motifs is 2. The van der Waals surface area contributed by atoms with Gasteiger partial charge in [0.05, 0.1) is 24.9 Å². The maximum Gasteiger partial charge on any atom is 0.144 e. The van der Waals surface area contributed by atoms with E-state index in [1.807, 2.05) is 6.92 Å². The summed E-state index contributed by atoms with van der Waals surface area (Å²) in [6.07, 6.45) is 0.0908. The summed E-state index contributed by atoms with van der Waals surface area (Å²) in [7, 11) is 1.68. The molecule has 0 saturated carbocycles. The Morgan fingerprint density at radius 1 is 1.38 bits per heavy atom. The van der Waals surface area contributed by atoms with Gasteiger partial charge in [-0.25, -0.2) is 0 Å². The fourth-order valence-corrected chi connectivity index (χ4v) is 2.58. The van der Waals surface area contributed by atoms with Crippen LogP contribution in [0.3, 0.4) is 0 Å². The van der Waals surface area contributed by atoms with E-state index in [4.69, 9.17) is 18.9 Å². The van der Waals surface area contributed by atoms with Crippen molar-refractivity contribution in [3.05, 3.63) is 0 Å². The highest BCUT2D eigenvalue weighted by Gasteiger charge is 2.61. The van der Waals surface area contributed by atoms with E-state index in [9.17, 15) is 0 Å². The second-order valence-corrected chi connectivity index (χ2v) is 5.75. The van der Waals surface area contributed by atoms with Crippen molar-refractivity contribution in [2.75, 3.05) is 20.3 Å². The van der Waals surface area contributed by atoms with Crippen molar-refractivity contribution >= 4 is 0 Å². The average molecular weight is 230 g/mol. The average Bonchev–Trinajstić information content (AvgIpc) is 2.54. The van der Waals surface area contributed by atoms with Gasteiger partial charge in [0.1, 0.15) is 17.8 Å². The Labute approximate surface area is 97.2 Å². The molecule has 0 spiro atoms. The van der Waals surface area contributed by atoms with Gasteiger partial charge in [0.25, 0.3) is 0 Å². The van der Waals surface area contributed by atoms with Gasteiger partial charge >= 0.3 is 0 Å². The number of hydrogen-bond donors (Lipinski definition) is 0. The SMILES string of the molecule is COC[C@]12CO[C@@H](C1OC(C)(C)C)[C@H](C)O2. The molecule has 1 unspecified atom stereocenters. The van der Waals surface area contributed by atoms with E-state index >= 15 is 0 Å². The van der Waals surface area contributed by atoms with E-state index in [-0.39, 0.29) is 23.9 Å². The van der Waals surface area contributed by atoms with Crippen LogP contribution in [-0.4, -0.2) is 49.8 Å². The molecule has 2 heterocycles. The molecule has 2 fully saturated rings. The lowest BCUT2D eigenvalue weighted by atomic mass is 9.98. The first-order valence-electron chi connectivity index (χ1n) is 5.84. The van der Waals surface area contributed by atoms with Crippen molar-refractivity contribution in [1.29, 1.82) is 0 Å². The van der Waals surface area contributed by atoms with E-state index in [2.05, 4.69) is 20.8 Å². The van der Waals surface area contributed by atoms with Gasteiger partial charge in [-0.15, -0.1) is 0 Å². The predicted octanol–water partition coefficient (Wildman–Crippen LogP) is 1.37. The van der Waals surface area contributed by atoms with Gasteiger partial charge in [-0.3, -0.25) is 0 Å². The van der Waals surface area contributed by atoms with Crippen molar-refractivity contribution in [2.45, 2.75) is 57.2 Å². The summed E-state index contributed by atoms with van der Waals surface area (Å²) in [6.45, 7) is 9.27. The van der Waals surface area contributed by atoms with Crippen LogP contribution in [-0.2, 0) is 18.9 Å². The summed E-state index contributed by atoms with van der Waals surface area (Å²) in [4.78, 5) is 0. The molecule has 2 rings (SSSR count). The van der Waals surface area contributed by atoms with Gasteiger partial charge in [0, 0.05) is 7.11 Å². The van der Waals surface area contributed by atoms with E-state index < -0.39 is 5.60 Å². The molecular weight excluding hydrogens is 208 g/mol. The van der Waals surface area contributed by atoms with Crippen LogP contribution in [0.1, 0.15) is 27.7 Å². The van der Waals surface area contributed by atoms with Gasteiger partial charge in [-0.2, -0.15) is 0 Å². The molecule has 0 aromatic carbocycles. The van der Waals surface area contributed by atoms with Crippen molar-refractivity contribution in [1.82, 2.24) is 0 Å². The highest BCUT2D eigenvalue weighted by Crippen LogP contribution is 2.43. The van der Waals surface area contributed by atoms with Crippen LogP contribution >= 0.6 is 0 Å². The second kappa shape index (κ2) is 3.95. The van der Waals surface area contributed by atoms with Gasteiger partial charge < -0.3 is 18.9 Å². The van der Waals surface area contributed by atoms with Gasteiger partial charge in [-0.1, -0.05) is 0 Å². The molecule has 2 saturated heterocycles. The molecule has 2 aliphatic heterocycles. The Balaban J connectivity index is 2.16. The lowest BCUT2D eigenvalue weighted by Crippen LogP contribution is -2.48. The van der Waals surface area contributed by atoms with E-state index in [0.717, 1.165) is 0 Å². The first kappa shape index (κ1) is 12.3. The molecule has 4 heteroatoms. The van der Waals surface area contributed by atoms with Crippen LogP contribution in [0.2, 0.25) is 0 Å². The summed E-state index contributed by atoms with van der Waals surface area (Å²) in [5.74, 6) is 0. The zero-order valence-electron chi connectivity index (χ0n) is 10.8. The van der Waals surface area contributed by atoms with Gasteiger partial charge in [0.15, 0.2) is 0 Å². The lowest BCUT2D eigenvalue weighted by molar-refractivity contribution is -0.170. The number of ether oxygens (including phenoxy) is 4. The summed E-state index contributed by atoms with van der Waals surface area (Å²) < 4.78 is 23.1. The molecule has 0 amide bonds. The third kappa shape index (κ3) is 1.99. The highest BCUT2D eigenvalue weighted by atomic mass is 16.7. The molecule has 0 aliphatic carbocycles. The largest absolute Gasteiger partial charge is 0.381 e. The number of methoxy groups -OCH3 is 1. The minimum atomic E-state index is -0.411. The van der Waals surface area contributed by atoms with Crippen LogP contribution in [0.5, 0.6) is 0 Å². The first-order chi connectivity index (χ1) is 7.38. The summed E-state index contributed by atoms with van der Waals surface area (Å²) in [5.41, 5.74) is -0.602. The Kier molecular flexibility index (Phi) is 3.03. The summed E-state index contributed by atoms with van der Waals surface area (Å²) >= 11 is 0. The van der Waals surface area contributed by atoms with Gasteiger partial charge in [0.2, 0.25) is 0 Å². The molecule has 16 heavy (non-hydrogen) atoms. The maximum atomic E-state index is 6.08. The van der Waals surface area contributed by atoms with Gasteiger partial charge in [-0.05, 0) is 27.7 Å². The normalized spacial score (nSPS) is 42.9. The Morgan fingerprint density at radius 2 is 2.06 bits per heavy atom. The standard InChI is InChI=1S/C12H22O4/c1-8-9-10(16-11(2,3)4)12(15-8,6-13-5)7-14-9/h8-10H,6-7H2,1-5H3/t8-,9+,10?,12-/m0/s1. The minimum Gasteiger partial charge on any atom is -0.381 e. The van der Waals surface area contributed by atoms with Crippen LogP contribution in [0.25, 0.3) is 0 Å². The molecular formula is C12H22O4. The molecule has 0 aromatic rings. The monoisotopic (exact) mass is 230 g/mol. The van der Waals surface area contributed by atoms with Crippen molar-refractivity contribution < 1.29 is 18.9 Å². The Hall–Kier alpha value is -0.160. The summed E-state index contributed by atoms with van der Waals surface area (Å²) in [5, 5.41) is 0. The molecule has 0 radical (unpaired) electrons. The molecule has 2 bridgehead atoms. The third-order valence-corrected chi connectivity index (χ3v) is 3.09. The molecule has 4 atom stereocenters. The molecule has 94 valence electrons. The van der Waals surface area contributed by atoms with Crippen LogP contribution in [0.15, 0.2) is 0 Å². The van der Waals surface area contributed by atoms with E-state index in [1.54, 1.807) is 7.11 Å². The molecule has 0 N–H and O–H groups in total. The fraction of sp³-hybridized carbons (Fsp3) is 1.00. The molecule has 4 nitrogen and oxygen atoms in total. The zero-order valence-corrected chi connectivity index (χ0v) is 10.8. The van der Waals surface area contributed by atoms with Crippen molar-refractivity contribution in [2.24, 2.45) is 0 Å². The lowest BCUT2D eigenvalue weighted by Gasteiger charge is -2.33. The van der Waals surface area contributed by atoms with E-state index in [0.29, 0.717) is 13.2 Å². The maximum absolute atomic E-state index is 6.08. The topological polar surface area (TPSA) is 36.9 Å². The highest BCUT2D eigenvalue weighted by molar-refractivity contribution is 5.08. The van der Waals surface area contributed by atoms with Crippen molar-refractivity contribution in [3.63, 3.8) is 0 Å². The number of rotatable bonds is 3. The van der Waals surface area contributed by atoms with Crippen LogP contribution in [0.4, 0.5) is 0 Å².